The van der Waals surface area contributed by atoms with E-state index in [0.29, 0.717) is 17.0 Å². The van der Waals surface area contributed by atoms with E-state index in [1.54, 1.807) is 12.1 Å². The molecule has 3 heterocycles. The van der Waals surface area contributed by atoms with Gasteiger partial charge in [-0.15, -0.1) is 0 Å². The van der Waals surface area contributed by atoms with E-state index in [2.05, 4.69) is 31.0 Å². The Kier molecular flexibility index (Phi) is 4.71. The maximum absolute atomic E-state index is 13.0. The lowest BCUT2D eigenvalue weighted by Crippen LogP contribution is -2.54. The molecular weight excluding hydrogens is 370 g/mol. The van der Waals surface area contributed by atoms with Gasteiger partial charge in [0.05, 0.1) is 11.1 Å². The average Bonchev–Trinajstić information content (AvgIpc) is 2.92. The summed E-state index contributed by atoms with van der Waals surface area (Å²) in [5.41, 5.74) is 1.82. The molecule has 0 aliphatic carbocycles. The van der Waals surface area contributed by atoms with Crippen LogP contribution in [-0.2, 0) is 9.59 Å². The number of nitrogens with zero attached hydrogens (tertiary/aromatic N) is 2. The number of carbonyl (C=O) groups is 4. The monoisotopic (exact) mass is 397 g/mol. The molecule has 0 radical (unpaired) electrons. The Hall–Kier alpha value is -2.70. The lowest BCUT2D eigenvalue weighted by atomic mass is 9.76. The highest BCUT2D eigenvalue weighted by Gasteiger charge is 2.44. The Morgan fingerprint density at radius 3 is 2.41 bits per heavy atom. The first-order valence-corrected chi connectivity index (χ1v) is 10.3. The number of fused-ring (bicyclic) bond motifs is 1. The van der Waals surface area contributed by atoms with Gasteiger partial charge in [0.2, 0.25) is 11.8 Å². The molecule has 1 aromatic carbocycles. The summed E-state index contributed by atoms with van der Waals surface area (Å²) in [6.07, 6.45) is 2.57. The van der Waals surface area contributed by atoms with Crippen molar-refractivity contribution in [3.05, 3.63) is 29.3 Å². The first-order chi connectivity index (χ1) is 13.7. The SMILES string of the molecule is CC(C)(C)C1CCCN(c2ccc3c(c2)C(=O)N(C2CCC(=O)NC2=O)C3=O)C1. The smallest absolute Gasteiger partial charge is 0.262 e. The molecule has 4 rings (SSSR count). The third-order valence-corrected chi connectivity index (χ3v) is 6.43. The average molecular weight is 397 g/mol. The van der Waals surface area contributed by atoms with Gasteiger partial charge >= 0.3 is 0 Å². The van der Waals surface area contributed by atoms with E-state index >= 15 is 0 Å². The lowest BCUT2D eigenvalue weighted by molar-refractivity contribution is -0.136. The number of carbonyl (C=O) groups excluding carboxylic acids is 4. The quantitative estimate of drug-likeness (QED) is 0.774. The van der Waals surface area contributed by atoms with Crippen molar-refractivity contribution < 1.29 is 19.2 Å². The Balaban J connectivity index is 1.59. The van der Waals surface area contributed by atoms with Gasteiger partial charge < -0.3 is 4.90 Å². The summed E-state index contributed by atoms with van der Waals surface area (Å²) < 4.78 is 0. The summed E-state index contributed by atoms with van der Waals surface area (Å²) in [7, 11) is 0. The number of nitrogens with one attached hydrogen (secondary N) is 1. The highest BCUT2D eigenvalue weighted by molar-refractivity contribution is 6.23. The minimum absolute atomic E-state index is 0.122. The van der Waals surface area contributed by atoms with Crippen LogP contribution in [0.15, 0.2) is 18.2 Å². The topological polar surface area (TPSA) is 86.8 Å². The molecule has 3 aliphatic rings. The number of amides is 4. The molecule has 29 heavy (non-hydrogen) atoms. The molecule has 2 atom stereocenters. The molecule has 0 bridgehead atoms. The molecule has 4 amide bonds. The summed E-state index contributed by atoms with van der Waals surface area (Å²) in [6, 6.07) is 4.44. The van der Waals surface area contributed by atoms with Crippen LogP contribution in [0.4, 0.5) is 5.69 Å². The number of rotatable bonds is 2. The Morgan fingerprint density at radius 1 is 1.00 bits per heavy atom. The Labute approximate surface area is 170 Å². The molecule has 0 spiro atoms. The van der Waals surface area contributed by atoms with Crippen molar-refractivity contribution in [3.8, 4) is 0 Å². The largest absolute Gasteiger partial charge is 0.371 e. The minimum Gasteiger partial charge on any atom is -0.371 e. The Morgan fingerprint density at radius 2 is 1.72 bits per heavy atom. The van der Waals surface area contributed by atoms with Crippen molar-refractivity contribution in [1.29, 1.82) is 0 Å². The summed E-state index contributed by atoms with van der Waals surface area (Å²) >= 11 is 0. The second-order valence-corrected chi connectivity index (χ2v) is 9.33. The second kappa shape index (κ2) is 6.97. The van der Waals surface area contributed by atoms with Crippen molar-refractivity contribution in [2.24, 2.45) is 11.3 Å². The van der Waals surface area contributed by atoms with Crippen LogP contribution in [0.5, 0.6) is 0 Å². The van der Waals surface area contributed by atoms with Gasteiger partial charge in [-0.1, -0.05) is 20.8 Å². The van der Waals surface area contributed by atoms with Gasteiger partial charge in [-0.2, -0.15) is 0 Å². The van der Waals surface area contributed by atoms with Crippen LogP contribution in [0.2, 0.25) is 0 Å². The Bertz CT molecular complexity index is 902. The van der Waals surface area contributed by atoms with Crippen LogP contribution in [0, 0.1) is 11.3 Å². The van der Waals surface area contributed by atoms with E-state index in [1.807, 2.05) is 6.07 Å². The van der Waals surface area contributed by atoms with Crippen LogP contribution >= 0.6 is 0 Å². The first kappa shape index (κ1) is 19.6. The molecule has 154 valence electrons. The van der Waals surface area contributed by atoms with E-state index in [-0.39, 0.29) is 24.2 Å². The van der Waals surface area contributed by atoms with Gasteiger partial charge in [0.15, 0.2) is 0 Å². The zero-order chi connectivity index (χ0) is 20.9. The van der Waals surface area contributed by atoms with E-state index in [1.165, 1.54) is 6.42 Å². The van der Waals surface area contributed by atoms with Gasteiger partial charge in [-0.25, -0.2) is 0 Å². The van der Waals surface area contributed by atoms with Gasteiger partial charge in [-0.05, 0) is 48.8 Å². The molecule has 2 saturated heterocycles. The zero-order valence-corrected chi connectivity index (χ0v) is 17.2. The van der Waals surface area contributed by atoms with Gasteiger partial charge in [-0.3, -0.25) is 29.4 Å². The van der Waals surface area contributed by atoms with Crippen LogP contribution in [-0.4, -0.2) is 47.7 Å². The minimum atomic E-state index is -0.927. The summed E-state index contributed by atoms with van der Waals surface area (Å²) in [6.45, 7) is 8.60. The summed E-state index contributed by atoms with van der Waals surface area (Å²) in [5, 5.41) is 2.22. The third kappa shape index (κ3) is 3.43. The van der Waals surface area contributed by atoms with E-state index in [9.17, 15) is 19.2 Å². The molecule has 7 nitrogen and oxygen atoms in total. The van der Waals surface area contributed by atoms with Crippen molar-refractivity contribution in [2.75, 3.05) is 18.0 Å². The van der Waals surface area contributed by atoms with Crippen molar-refractivity contribution in [2.45, 2.75) is 52.5 Å². The molecular formula is C22H27N3O4. The fraction of sp³-hybridized carbons (Fsp3) is 0.545. The summed E-state index contributed by atoms with van der Waals surface area (Å²) in [5.74, 6) is -1.31. The van der Waals surface area contributed by atoms with Gasteiger partial charge in [0.1, 0.15) is 6.04 Å². The van der Waals surface area contributed by atoms with Crippen molar-refractivity contribution in [1.82, 2.24) is 10.2 Å². The fourth-order valence-electron chi connectivity index (χ4n) is 4.57. The number of piperidine rings is 2. The number of imide groups is 2. The van der Waals surface area contributed by atoms with E-state index in [4.69, 9.17) is 0 Å². The number of hydrogen-bond acceptors (Lipinski definition) is 5. The number of anilines is 1. The third-order valence-electron chi connectivity index (χ3n) is 6.43. The van der Waals surface area contributed by atoms with Crippen LogP contribution in [0.1, 0.15) is 67.2 Å². The maximum atomic E-state index is 13.0. The number of benzene rings is 1. The van der Waals surface area contributed by atoms with Crippen molar-refractivity contribution in [3.63, 3.8) is 0 Å². The highest BCUT2D eigenvalue weighted by Crippen LogP contribution is 2.36. The molecule has 2 unspecified atom stereocenters. The summed E-state index contributed by atoms with van der Waals surface area (Å²) in [4.78, 5) is 52.7. The van der Waals surface area contributed by atoms with Gasteiger partial charge in [0, 0.05) is 25.2 Å². The first-order valence-electron chi connectivity index (χ1n) is 10.3. The van der Waals surface area contributed by atoms with Crippen LogP contribution in [0.3, 0.4) is 0 Å². The molecule has 3 aliphatic heterocycles. The zero-order valence-electron chi connectivity index (χ0n) is 17.2. The molecule has 1 N–H and O–H groups in total. The predicted molar refractivity (Wildman–Crippen MR) is 108 cm³/mol. The van der Waals surface area contributed by atoms with E-state index < -0.39 is 23.8 Å². The van der Waals surface area contributed by atoms with Crippen molar-refractivity contribution >= 4 is 29.3 Å². The van der Waals surface area contributed by atoms with E-state index in [0.717, 1.165) is 30.1 Å². The molecule has 1 aromatic rings. The lowest BCUT2D eigenvalue weighted by Gasteiger charge is -2.41. The molecule has 0 aromatic heterocycles. The molecule has 7 heteroatoms. The molecule has 2 fully saturated rings. The van der Waals surface area contributed by atoms with Crippen LogP contribution in [0.25, 0.3) is 0 Å². The van der Waals surface area contributed by atoms with Crippen LogP contribution < -0.4 is 10.2 Å². The normalized spacial score (nSPS) is 25.3. The predicted octanol–water partition coefficient (Wildman–Crippen LogP) is 2.35. The standard InChI is InChI=1S/C22H27N3O4/c1-22(2,3)13-5-4-10-24(12-13)14-6-7-15-16(11-14)21(29)25(20(15)28)17-8-9-18(26)23-19(17)27/h6-7,11,13,17H,4-5,8-10,12H2,1-3H3,(H,23,26,27). The molecule has 0 saturated carbocycles. The second-order valence-electron chi connectivity index (χ2n) is 9.33. The fourth-order valence-corrected chi connectivity index (χ4v) is 4.57. The maximum Gasteiger partial charge on any atom is 0.262 e. The highest BCUT2D eigenvalue weighted by atomic mass is 16.2. The number of hydrogen-bond donors (Lipinski definition) is 1. The van der Waals surface area contributed by atoms with Gasteiger partial charge in [0.25, 0.3) is 11.8 Å².